The smallest absolute Gasteiger partial charge is 0.0873 e. The summed E-state index contributed by atoms with van der Waals surface area (Å²) in [6, 6.07) is 48.7. The molecular weight excluding hydrogens is 498 g/mol. The van der Waals surface area contributed by atoms with Gasteiger partial charge in [0.1, 0.15) is 0 Å². The van der Waals surface area contributed by atoms with E-state index in [0.717, 1.165) is 61.2 Å². The Morgan fingerprint density at radius 1 is 0.439 bits per heavy atom. The van der Waals surface area contributed by atoms with E-state index in [0.29, 0.717) is 0 Å². The van der Waals surface area contributed by atoms with Crippen LogP contribution in [0.5, 0.6) is 0 Å². The SMILES string of the molecule is N=C1C=Cc2ccc3ccc(N(c4ccccc4)c4cc(-c5ccccc5)cc(-c5ccccc5)c4)cc3c2C1=N. The van der Waals surface area contributed by atoms with Crippen LogP contribution in [0.1, 0.15) is 11.1 Å². The van der Waals surface area contributed by atoms with E-state index in [4.69, 9.17) is 10.8 Å². The van der Waals surface area contributed by atoms with Crippen molar-refractivity contribution in [2.75, 3.05) is 4.90 Å². The minimum Gasteiger partial charge on any atom is -0.310 e. The Hall–Kier alpha value is -5.54. The van der Waals surface area contributed by atoms with Gasteiger partial charge in [0.25, 0.3) is 0 Å². The van der Waals surface area contributed by atoms with Gasteiger partial charge in [-0.2, -0.15) is 0 Å². The highest BCUT2D eigenvalue weighted by Gasteiger charge is 2.20. The number of hydrogen-bond donors (Lipinski definition) is 2. The maximum atomic E-state index is 8.72. The third kappa shape index (κ3) is 4.54. The van der Waals surface area contributed by atoms with E-state index in [-0.39, 0.29) is 11.4 Å². The van der Waals surface area contributed by atoms with Crippen LogP contribution < -0.4 is 4.90 Å². The second kappa shape index (κ2) is 10.2. The molecule has 0 spiro atoms. The van der Waals surface area contributed by atoms with Crippen LogP contribution in [0.2, 0.25) is 0 Å². The molecule has 2 N–H and O–H groups in total. The van der Waals surface area contributed by atoms with E-state index < -0.39 is 0 Å². The molecule has 0 fully saturated rings. The second-order valence-corrected chi connectivity index (χ2v) is 10.2. The molecule has 0 atom stereocenters. The highest BCUT2D eigenvalue weighted by Crippen LogP contribution is 2.41. The number of benzene rings is 6. The normalized spacial score (nSPS) is 12.4. The van der Waals surface area contributed by atoms with Gasteiger partial charge in [-0.3, -0.25) is 10.8 Å². The van der Waals surface area contributed by atoms with Crippen molar-refractivity contribution in [2.24, 2.45) is 0 Å². The lowest BCUT2D eigenvalue weighted by molar-refractivity contribution is 1.29. The fraction of sp³-hybridized carbons (Fsp3) is 0. The van der Waals surface area contributed by atoms with E-state index in [1.807, 2.05) is 30.3 Å². The lowest BCUT2D eigenvalue weighted by atomic mass is 9.89. The first-order valence-corrected chi connectivity index (χ1v) is 13.7. The standard InChI is InChI=1S/C38H27N3/c39-36-21-19-29-17-16-28-18-20-33(25-35(28)37(29)38(36)40)41(32-14-8-3-9-15-32)34-23-30(26-10-4-1-5-11-26)22-31(24-34)27-12-6-2-7-13-27/h1-25,39-40H. The lowest BCUT2D eigenvalue weighted by Crippen LogP contribution is -2.16. The summed E-state index contributed by atoms with van der Waals surface area (Å²) < 4.78 is 0. The van der Waals surface area contributed by atoms with Crippen LogP contribution in [0.4, 0.5) is 17.1 Å². The van der Waals surface area contributed by atoms with Gasteiger partial charge in [-0.05, 0) is 87.1 Å². The Kier molecular flexibility index (Phi) is 6.10. The van der Waals surface area contributed by atoms with Gasteiger partial charge in [0.05, 0.1) is 11.4 Å². The largest absolute Gasteiger partial charge is 0.310 e. The molecule has 6 aromatic rings. The van der Waals surface area contributed by atoms with Gasteiger partial charge in [0.2, 0.25) is 0 Å². The van der Waals surface area contributed by atoms with Crippen molar-refractivity contribution in [3.8, 4) is 22.3 Å². The molecule has 0 aromatic heterocycles. The molecule has 0 heterocycles. The number of allylic oxidation sites excluding steroid dienone is 1. The molecule has 1 aliphatic carbocycles. The zero-order valence-electron chi connectivity index (χ0n) is 22.4. The van der Waals surface area contributed by atoms with E-state index in [1.165, 1.54) is 0 Å². The molecule has 0 saturated carbocycles. The number of fused-ring (bicyclic) bond motifs is 3. The topological polar surface area (TPSA) is 50.9 Å². The summed E-state index contributed by atoms with van der Waals surface area (Å²) in [4.78, 5) is 2.28. The molecule has 0 bridgehead atoms. The molecule has 0 aliphatic heterocycles. The Morgan fingerprint density at radius 2 is 1.02 bits per heavy atom. The van der Waals surface area contributed by atoms with Gasteiger partial charge < -0.3 is 4.90 Å². The predicted octanol–water partition coefficient (Wildman–Crippen LogP) is 10.1. The van der Waals surface area contributed by atoms with E-state index in [9.17, 15) is 0 Å². The quantitative estimate of drug-likeness (QED) is 0.231. The molecular formula is C38H27N3. The van der Waals surface area contributed by atoms with Crippen LogP contribution in [0.25, 0.3) is 39.1 Å². The molecule has 1 aliphatic rings. The van der Waals surface area contributed by atoms with Crippen molar-refractivity contribution in [3.05, 3.63) is 157 Å². The van der Waals surface area contributed by atoms with Gasteiger partial charge in [-0.1, -0.05) is 103 Å². The van der Waals surface area contributed by atoms with Crippen molar-refractivity contribution in [1.29, 1.82) is 10.8 Å². The molecule has 3 nitrogen and oxygen atoms in total. The molecule has 0 amide bonds. The first-order chi connectivity index (χ1) is 20.2. The minimum absolute atomic E-state index is 0.235. The summed E-state index contributed by atoms with van der Waals surface area (Å²) in [6.07, 6.45) is 3.64. The molecule has 0 unspecified atom stereocenters. The van der Waals surface area contributed by atoms with Gasteiger partial charge in [-0.15, -0.1) is 0 Å². The van der Waals surface area contributed by atoms with Gasteiger partial charge in [0.15, 0.2) is 0 Å². The fourth-order valence-corrected chi connectivity index (χ4v) is 5.63. The summed E-state index contributed by atoms with van der Waals surface area (Å²) in [7, 11) is 0. The van der Waals surface area contributed by atoms with Gasteiger partial charge in [0, 0.05) is 22.6 Å². The number of para-hydroxylation sites is 1. The number of hydrogen-bond acceptors (Lipinski definition) is 3. The predicted molar refractivity (Wildman–Crippen MR) is 173 cm³/mol. The third-order valence-corrected chi connectivity index (χ3v) is 7.65. The van der Waals surface area contributed by atoms with Crippen LogP contribution in [0.15, 0.2) is 146 Å². The number of anilines is 3. The van der Waals surface area contributed by atoms with Crippen LogP contribution in [-0.2, 0) is 0 Å². The van der Waals surface area contributed by atoms with Crippen LogP contribution >= 0.6 is 0 Å². The van der Waals surface area contributed by atoms with Crippen molar-refractivity contribution in [1.82, 2.24) is 0 Å². The van der Waals surface area contributed by atoms with E-state index >= 15 is 0 Å². The molecule has 0 radical (unpaired) electrons. The van der Waals surface area contributed by atoms with Crippen molar-refractivity contribution >= 4 is 45.3 Å². The van der Waals surface area contributed by atoms with Crippen molar-refractivity contribution < 1.29 is 0 Å². The van der Waals surface area contributed by atoms with Crippen LogP contribution in [-0.4, -0.2) is 11.4 Å². The average Bonchev–Trinajstić information content (AvgIpc) is 3.04. The van der Waals surface area contributed by atoms with Gasteiger partial charge in [-0.25, -0.2) is 0 Å². The zero-order chi connectivity index (χ0) is 27.8. The maximum Gasteiger partial charge on any atom is 0.0873 e. The lowest BCUT2D eigenvalue weighted by Gasteiger charge is -2.27. The summed E-state index contributed by atoms with van der Waals surface area (Å²) >= 11 is 0. The van der Waals surface area contributed by atoms with E-state index in [1.54, 1.807) is 6.08 Å². The zero-order valence-corrected chi connectivity index (χ0v) is 22.4. The number of rotatable bonds is 5. The molecule has 6 aromatic carbocycles. The highest BCUT2D eigenvalue weighted by atomic mass is 15.1. The number of nitrogens with zero attached hydrogens (tertiary/aromatic N) is 1. The summed E-state index contributed by atoms with van der Waals surface area (Å²) in [5.41, 5.74) is 9.96. The molecule has 3 heteroatoms. The minimum atomic E-state index is 0.235. The summed E-state index contributed by atoms with van der Waals surface area (Å²) in [5, 5.41) is 19.0. The third-order valence-electron chi connectivity index (χ3n) is 7.65. The Bertz CT molecular complexity index is 1900. The van der Waals surface area contributed by atoms with Crippen LogP contribution in [0, 0.1) is 10.8 Å². The monoisotopic (exact) mass is 525 g/mol. The Morgan fingerprint density at radius 3 is 1.66 bits per heavy atom. The molecule has 41 heavy (non-hydrogen) atoms. The highest BCUT2D eigenvalue weighted by molar-refractivity contribution is 6.53. The Balaban J connectivity index is 1.48. The Labute approximate surface area is 239 Å². The maximum absolute atomic E-state index is 8.72. The first-order valence-electron chi connectivity index (χ1n) is 13.7. The van der Waals surface area contributed by atoms with Gasteiger partial charge >= 0.3 is 0 Å². The second-order valence-electron chi connectivity index (χ2n) is 10.2. The average molecular weight is 526 g/mol. The summed E-state index contributed by atoms with van der Waals surface area (Å²) in [5.74, 6) is 0. The molecule has 0 saturated heterocycles. The molecule has 7 rings (SSSR count). The fourth-order valence-electron chi connectivity index (χ4n) is 5.63. The van der Waals surface area contributed by atoms with Crippen molar-refractivity contribution in [2.45, 2.75) is 0 Å². The molecule has 194 valence electrons. The van der Waals surface area contributed by atoms with Crippen molar-refractivity contribution in [3.63, 3.8) is 0 Å². The number of nitrogens with one attached hydrogen (secondary N) is 2. The van der Waals surface area contributed by atoms with Crippen LogP contribution in [0.3, 0.4) is 0 Å². The summed E-state index contributed by atoms with van der Waals surface area (Å²) in [6.45, 7) is 0. The first kappa shape index (κ1) is 24.5. The van der Waals surface area contributed by atoms with E-state index in [2.05, 4.69) is 120 Å².